The van der Waals surface area contributed by atoms with E-state index in [1.54, 1.807) is 0 Å². The topological polar surface area (TPSA) is 25.8 Å². The highest BCUT2D eigenvalue weighted by molar-refractivity contribution is 5.19. The van der Waals surface area contributed by atoms with Gasteiger partial charge < -0.3 is 0 Å². The van der Waals surface area contributed by atoms with Gasteiger partial charge in [0, 0.05) is 0 Å². The molecule has 0 spiro atoms. The molecule has 53 valence electrons. The predicted octanol–water partition coefficient (Wildman–Crippen LogP) is 1.58. The lowest BCUT2D eigenvalue weighted by Crippen LogP contribution is -1.97. The molecule has 0 unspecified atom stereocenters. The van der Waals surface area contributed by atoms with Crippen LogP contribution in [0.5, 0.6) is 0 Å². The standard InChI is InChI=1S/C8H11N2/c1-5-6(2)10-8(4)7(3)9-5/h1H2,2-4H3. The minimum atomic E-state index is 0.781. The van der Waals surface area contributed by atoms with Gasteiger partial charge in [-0.1, -0.05) is 0 Å². The SMILES string of the molecule is [CH2]c1nc(C)c(C)nc1C. The van der Waals surface area contributed by atoms with E-state index >= 15 is 0 Å². The van der Waals surface area contributed by atoms with E-state index in [9.17, 15) is 0 Å². The lowest BCUT2D eigenvalue weighted by atomic mass is 10.3. The number of aromatic nitrogens is 2. The average Bonchev–Trinajstić information content (AvgIpc) is 1.84. The van der Waals surface area contributed by atoms with Gasteiger partial charge in [-0.2, -0.15) is 0 Å². The molecule has 0 aliphatic carbocycles. The number of rotatable bonds is 0. The Morgan fingerprint density at radius 3 is 1.90 bits per heavy atom. The van der Waals surface area contributed by atoms with Gasteiger partial charge in [-0.15, -0.1) is 0 Å². The van der Waals surface area contributed by atoms with Crippen molar-refractivity contribution in [2.45, 2.75) is 20.8 Å². The molecule has 0 aromatic carbocycles. The van der Waals surface area contributed by atoms with Crippen LogP contribution in [0.2, 0.25) is 0 Å². The van der Waals surface area contributed by atoms with Crippen LogP contribution in [0.15, 0.2) is 0 Å². The van der Waals surface area contributed by atoms with Crippen molar-refractivity contribution in [3.05, 3.63) is 29.7 Å². The van der Waals surface area contributed by atoms with Crippen LogP contribution in [0.3, 0.4) is 0 Å². The largest absolute Gasteiger partial charge is 0.255 e. The van der Waals surface area contributed by atoms with Crippen molar-refractivity contribution in [2.75, 3.05) is 0 Å². The number of hydrogen-bond acceptors (Lipinski definition) is 2. The molecule has 10 heavy (non-hydrogen) atoms. The Bertz CT molecular complexity index is 203. The monoisotopic (exact) mass is 135 g/mol. The molecular weight excluding hydrogens is 124 g/mol. The normalized spacial score (nSPS) is 10.0. The molecule has 0 saturated heterocycles. The third kappa shape index (κ3) is 1.15. The molecular formula is C8H11N2. The van der Waals surface area contributed by atoms with Gasteiger partial charge in [0.25, 0.3) is 0 Å². The van der Waals surface area contributed by atoms with Gasteiger partial charge in [0.05, 0.1) is 22.8 Å². The first-order valence-electron chi connectivity index (χ1n) is 3.25. The summed E-state index contributed by atoms with van der Waals surface area (Å²) in [5.41, 5.74) is 3.66. The first-order valence-corrected chi connectivity index (χ1v) is 3.25. The predicted molar refractivity (Wildman–Crippen MR) is 40.7 cm³/mol. The maximum absolute atomic E-state index is 4.25. The Morgan fingerprint density at radius 1 is 0.900 bits per heavy atom. The maximum atomic E-state index is 4.25. The Hall–Kier alpha value is -0.920. The van der Waals surface area contributed by atoms with Crippen LogP contribution in [0, 0.1) is 27.7 Å². The second-order valence-corrected chi connectivity index (χ2v) is 2.43. The lowest BCUT2D eigenvalue weighted by Gasteiger charge is -2.01. The fourth-order valence-electron chi connectivity index (χ4n) is 0.761. The smallest absolute Gasteiger partial charge is 0.0623 e. The van der Waals surface area contributed by atoms with Crippen LogP contribution in [-0.2, 0) is 0 Å². The molecule has 1 radical (unpaired) electrons. The average molecular weight is 135 g/mol. The molecule has 1 aromatic heterocycles. The van der Waals surface area contributed by atoms with Crippen molar-refractivity contribution >= 4 is 0 Å². The molecule has 1 aromatic rings. The molecule has 0 aliphatic rings. The summed E-state index contributed by atoms with van der Waals surface area (Å²) in [6.45, 7) is 9.56. The van der Waals surface area contributed by atoms with Crippen LogP contribution in [-0.4, -0.2) is 9.97 Å². The van der Waals surface area contributed by atoms with E-state index in [0.717, 1.165) is 22.8 Å². The van der Waals surface area contributed by atoms with E-state index in [1.165, 1.54) is 0 Å². The van der Waals surface area contributed by atoms with E-state index in [4.69, 9.17) is 0 Å². The zero-order valence-electron chi connectivity index (χ0n) is 6.60. The summed E-state index contributed by atoms with van der Waals surface area (Å²) >= 11 is 0. The van der Waals surface area contributed by atoms with E-state index in [2.05, 4.69) is 16.9 Å². The minimum Gasteiger partial charge on any atom is -0.255 e. The third-order valence-electron chi connectivity index (χ3n) is 1.58. The van der Waals surface area contributed by atoms with Gasteiger partial charge in [-0.25, -0.2) is 0 Å². The van der Waals surface area contributed by atoms with E-state index in [0.29, 0.717) is 0 Å². The van der Waals surface area contributed by atoms with Crippen molar-refractivity contribution < 1.29 is 0 Å². The van der Waals surface area contributed by atoms with E-state index in [1.807, 2.05) is 20.8 Å². The summed E-state index contributed by atoms with van der Waals surface area (Å²) in [6, 6.07) is 0. The number of hydrogen-bond donors (Lipinski definition) is 0. The first kappa shape index (κ1) is 7.19. The van der Waals surface area contributed by atoms with Crippen LogP contribution < -0.4 is 0 Å². The Morgan fingerprint density at radius 2 is 1.40 bits per heavy atom. The number of nitrogens with zero attached hydrogens (tertiary/aromatic N) is 2. The van der Waals surface area contributed by atoms with Gasteiger partial charge in [-0.3, -0.25) is 9.97 Å². The highest BCUT2D eigenvalue weighted by Crippen LogP contribution is 2.04. The van der Waals surface area contributed by atoms with Crippen molar-refractivity contribution in [1.82, 2.24) is 9.97 Å². The summed E-state index contributed by atoms with van der Waals surface area (Å²) < 4.78 is 0. The lowest BCUT2D eigenvalue weighted by molar-refractivity contribution is 0.981. The van der Waals surface area contributed by atoms with E-state index in [-0.39, 0.29) is 0 Å². The molecule has 0 amide bonds. The van der Waals surface area contributed by atoms with Gasteiger partial charge in [0.15, 0.2) is 0 Å². The fraction of sp³-hybridized carbons (Fsp3) is 0.375. The maximum Gasteiger partial charge on any atom is 0.0623 e. The molecule has 0 aliphatic heterocycles. The fourth-order valence-corrected chi connectivity index (χ4v) is 0.761. The molecule has 2 heteroatoms. The summed E-state index contributed by atoms with van der Waals surface area (Å²) in [7, 11) is 0. The Labute approximate surface area is 61.3 Å². The molecule has 1 heterocycles. The second-order valence-electron chi connectivity index (χ2n) is 2.43. The summed E-state index contributed by atoms with van der Waals surface area (Å²) in [5, 5.41) is 0. The van der Waals surface area contributed by atoms with Crippen molar-refractivity contribution in [3.63, 3.8) is 0 Å². The highest BCUT2D eigenvalue weighted by atomic mass is 14.8. The van der Waals surface area contributed by atoms with Crippen molar-refractivity contribution in [1.29, 1.82) is 0 Å². The molecule has 0 fully saturated rings. The first-order chi connectivity index (χ1) is 4.61. The molecule has 0 saturated carbocycles. The Kier molecular flexibility index (Phi) is 1.70. The van der Waals surface area contributed by atoms with Gasteiger partial charge >= 0.3 is 0 Å². The Balaban J connectivity index is 3.28. The van der Waals surface area contributed by atoms with Crippen LogP contribution in [0.4, 0.5) is 0 Å². The molecule has 0 N–H and O–H groups in total. The molecule has 1 rings (SSSR count). The zero-order chi connectivity index (χ0) is 7.72. The van der Waals surface area contributed by atoms with Gasteiger partial charge in [0.2, 0.25) is 0 Å². The summed E-state index contributed by atoms with van der Waals surface area (Å²) in [5.74, 6) is 0. The van der Waals surface area contributed by atoms with Crippen molar-refractivity contribution in [3.8, 4) is 0 Å². The highest BCUT2D eigenvalue weighted by Gasteiger charge is 1.98. The molecule has 0 bridgehead atoms. The van der Waals surface area contributed by atoms with E-state index < -0.39 is 0 Å². The summed E-state index contributed by atoms with van der Waals surface area (Å²) in [4.78, 5) is 8.45. The minimum absolute atomic E-state index is 0.781. The van der Waals surface area contributed by atoms with Crippen LogP contribution in [0.25, 0.3) is 0 Å². The second kappa shape index (κ2) is 2.37. The summed E-state index contributed by atoms with van der Waals surface area (Å²) in [6.07, 6.45) is 0. The van der Waals surface area contributed by atoms with Crippen LogP contribution >= 0.6 is 0 Å². The van der Waals surface area contributed by atoms with Crippen LogP contribution in [0.1, 0.15) is 22.8 Å². The molecule has 0 atom stereocenters. The molecule has 2 nitrogen and oxygen atoms in total. The quantitative estimate of drug-likeness (QED) is 0.539. The van der Waals surface area contributed by atoms with Crippen molar-refractivity contribution in [2.24, 2.45) is 0 Å². The number of aryl methyl sites for hydroxylation is 3. The van der Waals surface area contributed by atoms with Gasteiger partial charge in [-0.05, 0) is 27.7 Å². The zero-order valence-corrected chi connectivity index (χ0v) is 6.60. The van der Waals surface area contributed by atoms with Gasteiger partial charge in [0.1, 0.15) is 0 Å². The third-order valence-corrected chi connectivity index (χ3v) is 1.58.